The summed E-state index contributed by atoms with van der Waals surface area (Å²) < 4.78 is 5.12. The molecule has 3 rings (SSSR count). The van der Waals surface area contributed by atoms with Crippen molar-refractivity contribution in [3.8, 4) is 5.75 Å². The zero-order chi connectivity index (χ0) is 20.3. The number of nitrogens with two attached hydrogens (primary N) is 1. The van der Waals surface area contributed by atoms with E-state index in [2.05, 4.69) is 4.99 Å². The van der Waals surface area contributed by atoms with Gasteiger partial charge < -0.3 is 20.5 Å². The molecule has 1 heterocycles. The Bertz CT molecular complexity index is 825. The molecule has 1 aliphatic heterocycles. The van der Waals surface area contributed by atoms with Crippen molar-refractivity contribution >= 4 is 23.6 Å². The number of carboxylic acid groups (broad SMARTS) is 1. The second-order valence-corrected chi connectivity index (χ2v) is 7.49. The zero-order valence-corrected chi connectivity index (χ0v) is 16.4. The molecule has 0 aromatic heterocycles. The third kappa shape index (κ3) is 4.35. The van der Waals surface area contributed by atoms with Gasteiger partial charge in [-0.2, -0.15) is 0 Å². The summed E-state index contributed by atoms with van der Waals surface area (Å²) in [5, 5.41) is 9.89. The van der Waals surface area contributed by atoms with Gasteiger partial charge in [-0.1, -0.05) is 31.4 Å². The first-order valence-corrected chi connectivity index (χ1v) is 9.74. The van der Waals surface area contributed by atoms with Crippen molar-refractivity contribution < 1.29 is 19.4 Å². The molecule has 2 aliphatic rings. The summed E-state index contributed by atoms with van der Waals surface area (Å²) in [6.07, 6.45) is 5.96. The van der Waals surface area contributed by atoms with Gasteiger partial charge in [-0.3, -0.25) is 4.79 Å². The topological polar surface area (TPSA) is 105 Å². The van der Waals surface area contributed by atoms with E-state index in [1.54, 1.807) is 24.3 Å². The predicted molar refractivity (Wildman–Crippen MR) is 107 cm³/mol. The minimum atomic E-state index is -1.02. The average Bonchev–Trinajstić information content (AvgIpc) is 2.65. The number of rotatable bonds is 5. The van der Waals surface area contributed by atoms with E-state index in [0.717, 1.165) is 12.8 Å². The standard InChI is InChI=1S/C21H27N3O4/c1-13-18(20(26)27)19(16-9-6-10-17(11-16)28-14(2)25)23-21(22)24(13)12-15-7-4-3-5-8-15/h6,9-11,13,15H,3-5,7-8,12H2,1-2H3,(H2,22,23)(H,26,27). The molecular weight excluding hydrogens is 358 g/mol. The SMILES string of the molecule is CC(=O)Oc1cccc(C2=C(C(=O)O)C(C)N(CC3CCCCC3)C(N)=N2)c1. The van der Waals surface area contributed by atoms with E-state index in [1.807, 2.05) is 11.8 Å². The maximum atomic E-state index is 12.1. The largest absolute Gasteiger partial charge is 0.478 e. The van der Waals surface area contributed by atoms with Crippen LogP contribution in [-0.4, -0.2) is 40.5 Å². The van der Waals surface area contributed by atoms with Gasteiger partial charge in [0.2, 0.25) is 0 Å². The van der Waals surface area contributed by atoms with Crippen LogP contribution in [0.4, 0.5) is 0 Å². The molecule has 0 radical (unpaired) electrons. The van der Waals surface area contributed by atoms with Crippen molar-refractivity contribution in [1.82, 2.24) is 4.90 Å². The average molecular weight is 385 g/mol. The van der Waals surface area contributed by atoms with E-state index in [0.29, 0.717) is 35.4 Å². The van der Waals surface area contributed by atoms with Crippen LogP contribution in [0.1, 0.15) is 51.5 Å². The van der Waals surface area contributed by atoms with Crippen LogP contribution in [0.3, 0.4) is 0 Å². The van der Waals surface area contributed by atoms with Crippen molar-refractivity contribution in [2.45, 2.75) is 52.0 Å². The highest BCUT2D eigenvalue weighted by molar-refractivity contribution is 6.02. The van der Waals surface area contributed by atoms with Crippen molar-refractivity contribution in [3.63, 3.8) is 0 Å². The van der Waals surface area contributed by atoms with Crippen LogP contribution in [0.25, 0.3) is 5.70 Å². The number of ether oxygens (including phenoxy) is 1. The van der Waals surface area contributed by atoms with E-state index in [1.165, 1.54) is 26.2 Å². The molecule has 0 spiro atoms. The highest BCUT2D eigenvalue weighted by Gasteiger charge is 2.34. The molecule has 1 aromatic carbocycles. The number of esters is 1. The maximum Gasteiger partial charge on any atom is 0.335 e. The summed E-state index contributed by atoms with van der Waals surface area (Å²) >= 11 is 0. The molecule has 0 amide bonds. The second-order valence-electron chi connectivity index (χ2n) is 7.49. The Balaban J connectivity index is 1.93. The molecule has 1 saturated carbocycles. The predicted octanol–water partition coefficient (Wildman–Crippen LogP) is 3.01. The quantitative estimate of drug-likeness (QED) is 0.596. The number of carbonyl (C=O) groups excluding carboxylic acids is 1. The number of carboxylic acids is 1. The summed E-state index contributed by atoms with van der Waals surface area (Å²) in [7, 11) is 0. The van der Waals surface area contributed by atoms with Gasteiger partial charge in [-0.15, -0.1) is 0 Å². The molecule has 1 fully saturated rings. The molecule has 1 atom stereocenters. The number of nitrogens with zero attached hydrogens (tertiary/aromatic N) is 2. The van der Waals surface area contributed by atoms with E-state index >= 15 is 0 Å². The first-order valence-electron chi connectivity index (χ1n) is 9.74. The molecule has 1 unspecified atom stereocenters. The number of hydrogen-bond donors (Lipinski definition) is 2. The number of carbonyl (C=O) groups is 2. The molecular formula is C21H27N3O4. The first kappa shape index (κ1) is 19.9. The smallest absolute Gasteiger partial charge is 0.335 e. The van der Waals surface area contributed by atoms with Gasteiger partial charge in [0.1, 0.15) is 5.75 Å². The first-order chi connectivity index (χ1) is 13.4. The number of hydrogen-bond acceptors (Lipinski definition) is 6. The fourth-order valence-electron chi connectivity index (χ4n) is 4.06. The van der Waals surface area contributed by atoms with E-state index in [9.17, 15) is 14.7 Å². The third-order valence-corrected chi connectivity index (χ3v) is 5.44. The second kappa shape index (κ2) is 8.46. The van der Waals surface area contributed by atoms with Gasteiger partial charge in [0.05, 0.1) is 17.3 Å². The Morgan fingerprint density at radius 2 is 2.00 bits per heavy atom. The van der Waals surface area contributed by atoms with E-state index in [-0.39, 0.29) is 5.57 Å². The van der Waals surface area contributed by atoms with Crippen LogP contribution in [0.2, 0.25) is 0 Å². The van der Waals surface area contributed by atoms with Gasteiger partial charge in [-0.25, -0.2) is 9.79 Å². The summed E-state index contributed by atoms with van der Waals surface area (Å²) in [4.78, 5) is 29.7. The fraction of sp³-hybridized carbons (Fsp3) is 0.476. The Kier molecular flexibility index (Phi) is 6.02. The van der Waals surface area contributed by atoms with Crippen LogP contribution < -0.4 is 10.5 Å². The fourth-order valence-corrected chi connectivity index (χ4v) is 4.06. The van der Waals surface area contributed by atoms with Crippen molar-refractivity contribution in [2.75, 3.05) is 6.54 Å². The molecule has 3 N–H and O–H groups in total. The Morgan fingerprint density at radius 1 is 1.29 bits per heavy atom. The molecule has 0 bridgehead atoms. The van der Waals surface area contributed by atoms with Gasteiger partial charge >= 0.3 is 11.9 Å². The minimum absolute atomic E-state index is 0.199. The summed E-state index contributed by atoms with van der Waals surface area (Å²) in [5.74, 6) is -0.286. The molecule has 1 aliphatic carbocycles. The molecule has 1 aromatic rings. The number of benzene rings is 1. The molecule has 0 saturated heterocycles. The number of guanidine groups is 1. The molecule has 7 nitrogen and oxygen atoms in total. The molecule has 7 heteroatoms. The van der Waals surface area contributed by atoms with Crippen LogP contribution in [-0.2, 0) is 9.59 Å². The number of aliphatic carboxylic acids is 1. The van der Waals surface area contributed by atoms with Crippen LogP contribution >= 0.6 is 0 Å². The third-order valence-electron chi connectivity index (χ3n) is 5.44. The molecule has 28 heavy (non-hydrogen) atoms. The van der Waals surface area contributed by atoms with Crippen LogP contribution in [0.15, 0.2) is 34.8 Å². The minimum Gasteiger partial charge on any atom is -0.478 e. The van der Waals surface area contributed by atoms with Crippen molar-refractivity contribution in [2.24, 2.45) is 16.6 Å². The highest BCUT2D eigenvalue weighted by atomic mass is 16.5. The lowest BCUT2D eigenvalue weighted by molar-refractivity contribution is -0.133. The van der Waals surface area contributed by atoms with E-state index in [4.69, 9.17) is 10.5 Å². The van der Waals surface area contributed by atoms with Gasteiger partial charge in [0.15, 0.2) is 5.96 Å². The summed E-state index contributed by atoms with van der Waals surface area (Å²) in [6.45, 7) is 3.88. The van der Waals surface area contributed by atoms with Crippen LogP contribution in [0.5, 0.6) is 5.75 Å². The van der Waals surface area contributed by atoms with Crippen molar-refractivity contribution in [1.29, 1.82) is 0 Å². The lowest BCUT2D eigenvalue weighted by Crippen LogP contribution is -2.50. The Labute approximate surface area is 164 Å². The summed E-state index contributed by atoms with van der Waals surface area (Å²) in [6, 6.07) is 6.29. The van der Waals surface area contributed by atoms with Gasteiger partial charge in [0.25, 0.3) is 0 Å². The van der Waals surface area contributed by atoms with Crippen LogP contribution in [0, 0.1) is 5.92 Å². The Morgan fingerprint density at radius 3 is 2.64 bits per heavy atom. The van der Waals surface area contributed by atoms with E-state index < -0.39 is 18.0 Å². The normalized spacial score (nSPS) is 20.7. The molecule has 150 valence electrons. The van der Waals surface area contributed by atoms with Crippen molar-refractivity contribution in [3.05, 3.63) is 35.4 Å². The summed E-state index contributed by atoms with van der Waals surface area (Å²) in [5.41, 5.74) is 7.33. The van der Waals surface area contributed by atoms with Gasteiger partial charge in [-0.05, 0) is 37.8 Å². The lowest BCUT2D eigenvalue weighted by Gasteiger charge is -2.38. The lowest BCUT2D eigenvalue weighted by atomic mass is 9.88. The van der Waals surface area contributed by atoms with Gasteiger partial charge in [0, 0.05) is 19.0 Å². The highest BCUT2D eigenvalue weighted by Crippen LogP contribution is 2.33. The number of aliphatic imine (C=N–C) groups is 1. The zero-order valence-electron chi connectivity index (χ0n) is 16.4. The Hall–Kier alpha value is -2.83. The monoisotopic (exact) mass is 385 g/mol. The maximum absolute atomic E-state index is 12.1.